The Morgan fingerprint density at radius 3 is 2.82 bits per heavy atom. The fourth-order valence-corrected chi connectivity index (χ4v) is 7.11. The summed E-state index contributed by atoms with van der Waals surface area (Å²) in [4.78, 5) is 40.2. The summed E-state index contributed by atoms with van der Waals surface area (Å²) in [6.07, 6.45) is 10.0. The molecule has 0 unspecified atom stereocenters. The third kappa shape index (κ3) is 3.49. The van der Waals surface area contributed by atoms with Crippen molar-refractivity contribution in [3.63, 3.8) is 0 Å². The number of rotatable bonds is 2. The second kappa shape index (κ2) is 8.38. The molecular formula is C27H33N5O2. The number of piperidine rings is 1. The molecule has 4 heterocycles. The largest absolute Gasteiger partial charge is 0.326 e. The van der Waals surface area contributed by atoms with Crippen molar-refractivity contribution in [1.82, 2.24) is 24.7 Å². The van der Waals surface area contributed by atoms with Gasteiger partial charge in [-0.15, -0.1) is 0 Å². The number of allylic oxidation sites excluding steroid dienone is 1. The average Bonchev–Trinajstić information content (AvgIpc) is 2.84. The minimum atomic E-state index is -0.344. The Hall–Kier alpha value is -2.93. The molecule has 2 aromatic rings. The molecule has 3 atom stereocenters. The first-order chi connectivity index (χ1) is 16.5. The number of hydrogen-bond donors (Lipinski definition) is 1. The van der Waals surface area contributed by atoms with Crippen LogP contribution in [-0.4, -0.2) is 63.4 Å². The Kier molecular flexibility index (Phi) is 5.32. The standard InChI is InChI=1S/C27H33N5O2/c1-19-14-21-15-24-23(6-7-25(33)29-24)27(16-19)22(21)5-3-9-32(27)26(34)31-12-10-30(11-13-31)18-20-4-2-8-28-17-20/h2,4,6-8,14,17,21-22H,3,5,9-13,15-16,18H2,1H3,(H,29,33)/t21-,22+,27+/m0/s1. The topological polar surface area (TPSA) is 72.5 Å². The van der Waals surface area contributed by atoms with Crippen LogP contribution in [0.5, 0.6) is 0 Å². The van der Waals surface area contributed by atoms with Crippen LogP contribution in [0.25, 0.3) is 0 Å². The molecule has 7 heteroatoms. The van der Waals surface area contributed by atoms with Crippen molar-refractivity contribution in [1.29, 1.82) is 0 Å². The van der Waals surface area contributed by atoms with Gasteiger partial charge in [0.05, 0.1) is 5.54 Å². The number of H-pyrrole nitrogens is 1. The maximum absolute atomic E-state index is 14.1. The first-order valence-electron chi connectivity index (χ1n) is 12.6. The molecule has 2 amide bonds. The molecule has 1 N–H and O–H groups in total. The Morgan fingerprint density at radius 2 is 2.03 bits per heavy atom. The monoisotopic (exact) mass is 459 g/mol. The third-order valence-corrected chi connectivity index (χ3v) is 8.47. The number of carbonyl (C=O) groups is 1. The van der Waals surface area contributed by atoms with Crippen LogP contribution in [-0.2, 0) is 18.5 Å². The zero-order valence-corrected chi connectivity index (χ0v) is 19.9. The lowest BCUT2D eigenvalue weighted by Gasteiger charge is -2.60. The van der Waals surface area contributed by atoms with Gasteiger partial charge in [0, 0.05) is 63.4 Å². The van der Waals surface area contributed by atoms with E-state index in [-0.39, 0.29) is 17.1 Å². The van der Waals surface area contributed by atoms with Gasteiger partial charge in [0.25, 0.3) is 0 Å². The van der Waals surface area contributed by atoms with Crippen molar-refractivity contribution in [3.8, 4) is 0 Å². The van der Waals surface area contributed by atoms with Crippen LogP contribution in [0, 0.1) is 11.8 Å². The van der Waals surface area contributed by atoms with Crippen molar-refractivity contribution < 1.29 is 4.79 Å². The van der Waals surface area contributed by atoms with Crippen LogP contribution in [0.15, 0.2) is 53.1 Å². The van der Waals surface area contributed by atoms with E-state index in [9.17, 15) is 9.59 Å². The van der Waals surface area contributed by atoms with Gasteiger partial charge in [-0.25, -0.2) is 4.79 Å². The molecule has 4 aliphatic rings. The highest BCUT2D eigenvalue weighted by molar-refractivity contribution is 5.76. The maximum atomic E-state index is 14.1. The van der Waals surface area contributed by atoms with E-state index in [0.717, 1.165) is 70.6 Å². The summed E-state index contributed by atoms with van der Waals surface area (Å²) in [6.45, 7) is 7.09. The Balaban J connectivity index is 1.27. The van der Waals surface area contributed by atoms with Crippen molar-refractivity contribution in [2.45, 2.75) is 44.7 Å². The van der Waals surface area contributed by atoms with E-state index in [1.54, 1.807) is 12.3 Å². The summed E-state index contributed by atoms with van der Waals surface area (Å²) in [7, 11) is 0. The molecule has 0 saturated carbocycles. The van der Waals surface area contributed by atoms with Gasteiger partial charge in [-0.05, 0) is 67.7 Å². The summed E-state index contributed by atoms with van der Waals surface area (Å²) in [6, 6.07) is 7.90. The molecule has 0 aromatic carbocycles. The average molecular weight is 460 g/mol. The molecule has 2 aliphatic heterocycles. The molecule has 2 saturated heterocycles. The number of nitrogens with zero attached hydrogens (tertiary/aromatic N) is 4. The van der Waals surface area contributed by atoms with Gasteiger partial charge in [0.2, 0.25) is 5.56 Å². The van der Waals surface area contributed by atoms with Crippen LogP contribution in [0.2, 0.25) is 0 Å². The van der Waals surface area contributed by atoms with Gasteiger partial charge in [-0.2, -0.15) is 0 Å². The van der Waals surface area contributed by atoms with Crippen LogP contribution in [0.1, 0.15) is 43.0 Å². The van der Waals surface area contributed by atoms with Crippen LogP contribution >= 0.6 is 0 Å². The number of amides is 2. The van der Waals surface area contributed by atoms with Crippen molar-refractivity contribution >= 4 is 6.03 Å². The fourth-order valence-electron chi connectivity index (χ4n) is 7.11. The van der Waals surface area contributed by atoms with Gasteiger partial charge in [-0.3, -0.25) is 14.7 Å². The zero-order valence-electron chi connectivity index (χ0n) is 19.9. The number of carbonyl (C=O) groups excluding carboxylic acids is 1. The number of piperazine rings is 1. The van der Waals surface area contributed by atoms with Gasteiger partial charge in [0.1, 0.15) is 0 Å². The minimum absolute atomic E-state index is 0.0502. The molecule has 6 rings (SSSR count). The van der Waals surface area contributed by atoms with E-state index < -0.39 is 0 Å². The van der Waals surface area contributed by atoms with Crippen molar-refractivity contribution in [2.24, 2.45) is 11.8 Å². The first kappa shape index (κ1) is 21.6. The van der Waals surface area contributed by atoms with Gasteiger partial charge < -0.3 is 14.8 Å². The molecule has 0 spiro atoms. The number of aromatic nitrogens is 2. The van der Waals surface area contributed by atoms with Gasteiger partial charge >= 0.3 is 6.03 Å². The second-order valence-electron chi connectivity index (χ2n) is 10.5. The molecule has 2 fully saturated rings. The predicted molar refractivity (Wildman–Crippen MR) is 130 cm³/mol. The fraction of sp³-hybridized carbons (Fsp3) is 0.519. The molecule has 178 valence electrons. The Morgan fingerprint density at radius 1 is 1.18 bits per heavy atom. The molecule has 2 bridgehead atoms. The maximum Gasteiger partial charge on any atom is 0.320 e. The number of urea groups is 1. The SMILES string of the molecule is CC1=C[C@H]2Cc3[nH]c(=O)ccc3[C@@]3(C1)[C@@H]2CCCN3C(=O)N1CCN(Cc2cccnc2)CC1. The molecule has 2 aliphatic carbocycles. The smallest absolute Gasteiger partial charge is 0.320 e. The van der Waals surface area contributed by atoms with Gasteiger partial charge in [-0.1, -0.05) is 17.7 Å². The Labute approximate surface area is 200 Å². The van der Waals surface area contributed by atoms with E-state index >= 15 is 0 Å². The molecular weight excluding hydrogens is 426 g/mol. The van der Waals surface area contributed by atoms with E-state index in [4.69, 9.17) is 0 Å². The first-order valence-corrected chi connectivity index (χ1v) is 12.6. The molecule has 7 nitrogen and oxygen atoms in total. The van der Waals surface area contributed by atoms with Crippen molar-refractivity contribution in [3.05, 3.63) is 75.5 Å². The summed E-state index contributed by atoms with van der Waals surface area (Å²) < 4.78 is 0. The summed E-state index contributed by atoms with van der Waals surface area (Å²) in [5, 5.41) is 0. The number of pyridine rings is 2. The predicted octanol–water partition coefficient (Wildman–Crippen LogP) is 3.14. The summed E-state index contributed by atoms with van der Waals surface area (Å²) in [5.41, 5.74) is 4.37. The minimum Gasteiger partial charge on any atom is -0.326 e. The molecule has 0 radical (unpaired) electrons. The number of aromatic amines is 1. The van der Waals surface area contributed by atoms with Gasteiger partial charge in [0.15, 0.2) is 0 Å². The zero-order chi connectivity index (χ0) is 23.3. The summed E-state index contributed by atoms with van der Waals surface area (Å²) in [5.74, 6) is 0.797. The van der Waals surface area contributed by atoms with E-state index in [0.29, 0.717) is 11.8 Å². The van der Waals surface area contributed by atoms with Crippen LogP contribution < -0.4 is 5.56 Å². The third-order valence-electron chi connectivity index (χ3n) is 8.47. The lowest BCUT2D eigenvalue weighted by Crippen LogP contribution is -2.65. The van der Waals surface area contributed by atoms with Crippen molar-refractivity contribution in [2.75, 3.05) is 32.7 Å². The highest BCUT2D eigenvalue weighted by Gasteiger charge is 2.57. The number of likely N-dealkylation sites (tertiary alicyclic amines) is 1. The van der Waals surface area contributed by atoms with Crippen LogP contribution in [0.3, 0.4) is 0 Å². The highest BCUT2D eigenvalue weighted by Crippen LogP contribution is 2.56. The highest BCUT2D eigenvalue weighted by atomic mass is 16.2. The molecule has 2 aromatic heterocycles. The number of nitrogens with one attached hydrogen (secondary N) is 1. The normalized spacial score (nSPS) is 28.7. The van der Waals surface area contributed by atoms with Crippen LogP contribution in [0.4, 0.5) is 4.79 Å². The molecule has 34 heavy (non-hydrogen) atoms. The summed E-state index contributed by atoms with van der Waals surface area (Å²) >= 11 is 0. The lowest BCUT2D eigenvalue weighted by atomic mass is 9.56. The number of fused-ring (bicyclic) bond motifs is 1. The van der Waals surface area contributed by atoms with E-state index in [1.807, 2.05) is 18.3 Å². The van der Waals surface area contributed by atoms with E-state index in [1.165, 1.54) is 16.7 Å². The number of hydrogen-bond acceptors (Lipinski definition) is 4. The Bertz CT molecular complexity index is 1170. The van der Waals surface area contributed by atoms with E-state index in [2.05, 4.69) is 43.7 Å². The second-order valence-corrected chi connectivity index (χ2v) is 10.5. The quantitative estimate of drug-likeness (QED) is 0.701. The lowest BCUT2D eigenvalue weighted by molar-refractivity contribution is -0.0290.